The monoisotopic (exact) mass is 563 g/mol. The van der Waals surface area contributed by atoms with Crippen LogP contribution >= 0.6 is 11.8 Å². The van der Waals surface area contributed by atoms with Gasteiger partial charge in [0.05, 0.1) is 16.4 Å². The van der Waals surface area contributed by atoms with Gasteiger partial charge in [-0.2, -0.15) is 0 Å². The van der Waals surface area contributed by atoms with Crippen LogP contribution in [0.1, 0.15) is 22.3 Å². The molecule has 1 nitrogen and oxygen atoms in total. The van der Waals surface area contributed by atoms with E-state index in [1.54, 1.807) is 0 Å². The van der Waals surface area contributed by atoms with Crippen molar-refractivity contribution in [3.63, 3.8) is 0 Å². The molecule has 1 aliphatic heterocycles. The van der Waals surface area contributed by atoms with Crippen LogP contribution in [0.3, 0.4) is 0 Å². The molecule has 7 aromatic carbocycles. The molecule has 43 heavy (non-hydrogen) atoms. The van der Waals surface area contributed by atoms with Crippen LogP contribution in [0.2, 0.25) is 0 Å². The van der Waals surface area contributed by atoms with Crippen LogP contribution < -0.4 is 0 Å². The van der Waals surface area contributed by atoms with Gasteiger partial charge in [0.1, 0.15) is 0 Å². The van der Waals surface area contributed by atoms with E-state index >= 15 is 0 Å². The third-order valence-corrected chi connectivity index (χ3v) is 10.8. The zero-order valence-electron chi connectivity index (χ0n) is 23.3. The minimum Gasteiger partial charge on any atom is -0.309 e. The molecule has 2 heterocycles. The minimum atomic E-state index is -0.390. The molecule has 0 unspecified atom stereocenters. The molecular weight excluding hydrogens is 539 g/mol. The van der Waals surface area contributed by atoms with Gasteiger partial charge in [0.25, 0.3) is 0 Å². The van der Waals surface area contributed by atoms with Crippen molar-refractivity contribution in [1.82, 2.24) is 4.57 Å². The van der Waals surface area contributed by atoms with Crippen LogP contribution in [0.15, 0.2) is 161 Å². The fourth-order valence-corrected chi connectivity index (χ4v) is 9.20. The molecular formula is C41H25NS. The summed E-state index contributed by atoms with van der Waals surface area (Å²) in [6.45, 7) is 0. The van der Waals surface area contributed by atoms with Crippen molar-refractivity contribution >= 4 is 44.3 Å². The van der Waals surface area contributed by atoms with Gasteiger partial charge in [-0.15, -0.1) is 0 Å². The number of fused-ring (bicyclic) bond motifs is 14. The summed E-state index contributed by atoms with van der Waals surface area (Å²) in [4.78, 5) is 2.66. The quantitative estimate of drug-likeness (QED) is 0.192. The van der Waals surface area contributed by atoms with Crippen molar-refractivity contribution in [2.24, 2.45) is 0 Å². The van der Waals surface area contributed by atoms with Gasteiger partial charge in [0.15, 0.2) is 0 Å². The number of hydrogen-bond acceptors (Lipinski definition) is 1. The highest BCUT2D eigenvalue weighted by molar-refractivity contribution is 7.99. The predicted octanol–water partition coefficient (Wildman–Crippen LogP) is 10.8. The minimum absolute atomic E-state index is 0.390. The van der Waals surface area contributed by atoms with Crippen LogP contribution in [0, 0.1) is 0 Å². The first-order valence-electron chi connectivity index (χ1n) is 14.9. The second-order valence-electron chi connectivity index (χ2n) is 11.7. The molecule has 10 rings (SSSR count). The van der Waals surface area contributed by atoms with E-state index in [0.29, 0.717) is 0 Å². The lowest BCUT2D eigenvalue weighted by atomic mass is 9.67. The summed E-state index contributed by atoms with van der Waals surface area (Å²) in [7, 11) is 0. The average molecular weight is 564 g/mol. The van der Waals surface area contributed by atoms with E-state index < -0.39 is 5.41 Å². The molecule has 0 radical (unpaired) electrons. The van der Waals surface area contributed by atoms with Crippen molar-refractivity contribution < 1.29 is 0 Å². The van der Waals surface area contributed by atoms with Crippen molar-refractivity contribution in [3.05, 3.63) is 174 Å². The molecule has 1 aliphatic carbocycles. The van der Waals surface area contributed by atoms with Crippen molar-refractivity contribution in [2.45, 2.75) is 15.2 Å². The summed E-state index contributed by atoms with van der Waals surface area (Å²) >= 11 is 1.92. The lowest BCUT2D eigenvalue weighted by Gasteiger charge is -2.39. The fraction of sp³-hybridized carbons (Fsp3) is 0.0244. The van der Waals surface area contributed by atoms with E-state index in [4.69, 9.17) is 0 Å². The third-order valence-electron chi connectivity index (χ3n) is 9.64. The van der Waals surface area contributed by atoms with Gasteiger partial charge in [-0.3, -0.25) is 0 Å². The molecule has 0 fully saturated rings. The van der Waals surface area contributed by atoms with Gasteiger partial charge < -0.3 is 4.57 Å². The maximum atomic E-state index is 2.52. The Labute approximate surface area is 254 Å². The van der Waals surface area contributed by atoms with Crippen LogP contribution in [-0.4, -0.2) is 4.57 Å². The molecule has 2 aliphatic rings. The summed E-state index contributed by atoms with van der Waals surface area (Å²) in [5.41, 5.74) is 11.4. The Morgan fingerprint density at radius 2 is 1.09 bits per heavy atom. The zero-order valence-corrected chi connectivity index (χ0v) is 24.1. The maximum absolute atomic E-state index is 2.52. The number of para-hydroxylation sites is 1. The number of benzene rings is 7. The highest BCUT2D eigenvalue weighted by Gasteiger charge is 2.50. The lowest BCUT2D eigenvalue weighted by Crippen LogP contribution is -2.32. The van der Waals surface area contributed by atoms with E-state index in [1.165, 1.54) is 81.4 Å². The molecule has 0 bridgehead atoms. The van der Waals surface area contributed by atoms with Crippen molar-refractivity contribution in [1.29, 1.82) is 0 Å². The van der Waals surface area contributed by atoms with Crippen LogP contribution in [0.25, 0.3) is 49.4 Å². The molecule has 1 aromatic heterocycles. The van der Waals surface area contributed by atoms with E-state index in [0.717, 1.165) is 0 Å². The molecule has 0 atom stereocenters. The van der Waals surface area contributed by atoms with E-state index in [2.05, 4.69) is 156 Å². The summed E-state index contributed by atoms with van der Waals surface area (Å²) in [6, 6.07) is 56.4. The summed E-state index contributed by atoms with van der Waals surface area (Å²) < 4.78 is 2.48. The Kier molecular flexibility index (Phi) is 4.65. The highest BCUT2D eigenvalue weighted by Crippen LogP contribution is 2.62. The SMILES string of the molecule is c1ccc(-n2c3cc4c(cc3c3c5ccccc5ccc32)Sc2ccccc2C42c3ccccc3-c3ccccc32)cc1. The molecule has 1 spiro atoms. The third kappa shape index (κ3) is 2.94. The molecule has 2 heteroatoms. The molecule has 8 aromatic rings. The summed E-state index contributed by atoms with van der Waals surface area (Å²) in [5, 5.41) is 5.19. The maximum Gasteiger partial charge on any atom is 0.0736 e. The number of rotatable bonds is 1. The van der Waals surface area contributed by atoms with E-state index in [9.17, 15) is 0 Å². The second kappa shape index (κ2) is 8.50. The van der Waals surface area contributed by atoms with Crippen LogP contribution in [-0.2, 0) is 5.41 Å². The largest absolute Gasteiger partial charge is 0.309 e. The first kappa shape index (κ1) is 23.5. The fourth-order valence-electron chi connectivity index (χ4n) is 7.99. The predicted molar refractivity (Wildman–Crippen MR) is 180 cm³/mol. The number of aromatic nitrogens is 1. The van der Waals surface area contributed by atoms with Gasteiger partial charge in [0, 0.05) is 26.3 Å². The molecule has 200 valence electrons. The second-order valence-corrected chi connectivity index (χ2v) is 12.7. The molecule has 0 N–H and O–H groups in total. The number of hydrogen-bond donors (Lipinski definition) is 0. The van der Waals surface area contributed by atoms with Gasteiger partial charge in [-0.1, -0.05) is 127 Å². The Morgan fingerprint density at radius 3 is 1.88 bits per heavy atom. The molecule has 0 saturated heterocycles. The van der Waals surface area contributed by atoms with Gasteiger partial charge in [-0.05, 0) is 80.6 Å². The van der Waals surface area contributed by atoms with Crippen molar-refractivity contribution in [2.75, 3.05) is 0 Å². The first-order valence-corrected chi connectivity index (χ1v) is 15.7. The van der Waals surface area contributed by atoms with Crippen LogP contribution in [0.5, 0.6) is 0 Å². The van der Waals surface area contributed by atoms with E-state index in [-0.39, 0.29) is 0 Å². The molecule has 0 amide bonds. The molecule has 0 saturated carbocycles. The van der Waals surface area contributed by atoms with Gasteiger partial charge in [-0.25, -0.2) is 0 Å². The van der Waals surface area contributed by atoms with Gasteiger partial charge in [0.2, 0.25) is 0 Å². The normalized spacial score (nSPS) is 14.1. The highest BCUT2D eigenvalue weighted by atomic mass is 32.2. The first-order chi connectivity index (χ1) is 21.3. The van der Waals surface area contributed by atoms with Crippen LogP contribution in [0.4, 0.5) is 0 Å². The Bertz CT molecular complexity index is 2390. The standard InChI is InChI=1S/C41H25NS/c1-2-13-27(14-3-1)42-36-23-22-26-12-4-5-15-28(26)40(36)31-24-39-35(25-37(31)42)41(34-20-10-11-21-38(34)43-39)32-18-8-6-16-29(32)30-17-7-9-19-33(30)41/h1-25H. The Balaban J connectivity index is 1.43. The lowest BCUT2D eigenvalue weighted by molar-refractivity contribution is 0.724. The van der Waals surface area contributed by atoms with E-state index in [1.807, 2.05) is 11.8 Å². The zero-order chi connectivity index (χ0) is 28.1. The smallest absolute Gasteiger partial charge is 0.0736 e. The topological polar surface area (TPSA) is 4.93 Å². The average Bonchev–Trinajstić information content (AvgIpc) is 3.55. The Hall–Kier alpha value is -5.05. The van der Waals surface area contributed by atoms with Crippen molar-refractivity contribution in [3.8, 4) is 16.8 Å². The number of nitrogens with zero attached hydrogens (tertiary/aromatic N) is 1. The summed E-state index contributed by atoms with van der Waals surface area (Å²) in [5.74, 6) is 0. The Morgan fingerprint density at radius 1 is 0.442 bits per heavy atom. The summed E-state index contributed by atoms with van der Waals surface area (Å²) in [6.07, 6.45) is 0. The van der Waals surface area contributed by atoms with Gasteiger partial charge >= 0.3 is 0 Å².